The smallest absolute Gasteiger partial charge is 0.341 e. The van der Waals surface area contributed by atoms with Crippen molar-refractivity contribution in [2.45, 2.75) is 45.4 Å². The van der Waals surface area contributed by atoms with Crippen molar-refractivity contribution in [3.05, 3.63) is 76.2 Å². The third-order valence-corrected chi connectivity index (χ3v) is 6.84. The first-order valence-corrected chi connectivity index (χ1v) is 11.8. The minimum absolute atomic E-state index is 0.209. The lowest BCUT2D eigenvalue weighted by atomic mass is 9.96. The number of fused-ring (bicyclic) bond motifs is 1. The van der Waals surface area contributed by atoms with E-state index in [4.69, 9.17) is 4.74 Å². The van der Waals surface area contributed by atoms with Crippen molar-refractivity contribution in [2.75, 3.05) is 11.9 Å². The van der Waals surface area contributed by atoms with E-state index < -0.39 is 0 Å². The van der Waals surface area contributed by atoms with Crippen molar-refractivity contribution >= 4 is 28.2 Å². The maximum absolute atomic E-state index is 13.0. The number of esters is 1. The molecule has 0 saturated heterocycles. The lowest BCUT2D eigenvalue weighted by molar-refractivity contribution is 0.0526. The highest BCUT2D eigenvalue weighted by Crippen LogP contribution is 2.38. The second-order valence-corrected chi connectivity index (χ2v) is 8.85. The molecule has 0 saturated carbocycles. The number of aryl methyl sites for hydroxylation is 1. The molecule has 0 unspecified atom stereocenters. The molecule has 1 aromatic heterocycles. The number of anilines is 1. The molecule has 1 N–H and O–H groups in total. The zero-order chi connectivity index (χ0) is 21.6. The van der Waals surface area contributed by atoms with Gasteiger partial charge in [-0.25, -0.2) is 4.79 Å². The molecular formula is C26H27NO3S. The van der Waals surface area contributed by atoms with Gasteiger partial charge in [0.25, 0.3) is 5.91 Å². The second kappa shape index (κ2) is 9.92. The highest BCUT2D eigenvalue weighted by Gasteiger charge is 2.26. The van der Waals surface area contributed by atoms with Gasteiger partial charge in [-0.1, -0.05) is 55.3 Å². The molecule has 0 bridgehead atoms. The van der Waals surface area contributed by atoms with Gasteiger partial charge in [-0.3, -0.25) is 4.79 Å². The van der Waals surface area contributed by atoms with Crippen molar-refractivity contribution in [3.63, 3.8) is 0 Å². The first kappa shape index (κ1) is 21.3. The fourth-order valence-corrected chi connectivity index (χ4v) is 5.32. The van der Waals surface area contributed by atoms with E-state index in [1.807, 2.05) is 54.6 Å². The van der Waals surface area contributed by atoms with E-state index >= 15 is 0 Å². The number of rotatable bonds is 5. The van der Waals surface area contributed by atoms with Gasteiger partial charge in [-0.15, -0.1) is 11.3 Å². The van der Waals surface area contributed by atoms with Crippen LogP contribution in [0.3, 0.4) is 0 Å². The molecule has 1 aliphatic carbocycles. The minimum atomic E-state index is -0.338. The van der Waals surface area contributed by atoms with Crippen molar-refractivity contribution < 1.29 is 14.3 Å². The largest absolute Gasteiger partial charge is 0.462 e. The first-order chi connectivity index (χ1) is 15.2. The van der Waals surface area contributed by atoms with E-state index in [0.717, 1.165) is 42.4 Å². The number of thiophene rings is 1. The van der Waals surface area contributed by atoms with Crippen LogP contribution in [0.15, 0.2) is 54.6 Å². The third-order valence-electron chi connectivity index (χ3n) is 5.63. The average molecular weight is 434 g/mol. The lowest BCUT2D eigenvalue weighted by Crippen LogP contribution is -2.15. The number of benzene rings is 2. The van der Waals surface area contributed by atoms with E-state index in [2.05, 4.69) is 5.32 Å². The van der Waals surface area contributed by atoms with Gasteiger partial charge in [0.05, 0.1) is 12.2 Å². The molecule has 0 spiro atoms. The second-order valence-electron chi connectivity index (χ2n) is 7.74. The molecule has 1 amide bonds. The number of carbonyl (C=O) groups excluding carboxylic acids is 2. The molecular weight excluding hydrogens is 406 g/mol. The predicted molar refractivity (Wildman–Crippen MR) is 126 cm³/mol. The number of carbonyl (C=O) groups is 2. The number of hydrogen-bond acceptors (Lipinski definition) is 4. The van der Waals surface area contributed by atoms with Crippen LogP contribution in [0.25, 0.3) is 11.1 Å². The van der Waals surface area contributed by atoms with Crippen LogP contribution < -0.4 is 5.32 Å². The van der Waals surface area contributed by atoms with E-state index in [9.17, 15) is 9.59 Å². The summed E-state index contributed by atoms with van der Waals surface area (Å²) in [5.74, 6) is -0.547. The van der Waals surface area contributed by atoms with Gasteiger partial charge >= 0.3 is 5.97 Å². The molecule has 160 valence electrons. The predicted octanol–water partition coefficient (Wildman–Crippen LogP) is 6.50. The highest BCUT2D eigenvalue weighted by atomic mass is 32.1. The summed E-state index contributed by atoms with van der Waals surface area (Å²) in [5.41, 5.74) is 4.35. The van der Waals surface area contributed by atoms with E-state index in [1.165, 1.54) is 29.1 Å². The number of ether oxygens (including phenoxy) is 1. The van der Waals surface area contributed by atoms with Gasteiger partial charge in [0, 0.05) is 10.4 Å². The lowest BCUT2D eigenvalue weighted by Gasteiger charge is -2.11. The summed E-state index contributed by atoms with van der Waals surface area (Å²) in [4.78, 5) is 26.9. The summed E-state index contributed by atoms with van der Waals surface area (Å²) < 4.78 is 5.33. The molecule has 0 fully saturated rings. The Hall–Kier alpha value is -2.92. The fraction of sp³-hybridized carbons (Fsp3) is 0.308. The fourth-order valence-electron chi connectivity index (χ4n) is 4.05. The van der Waals surface area contributed by atoms with Crippen LogP contribution in [-0.2, 0) is 17.6 Å². The minimum Gasteiger partial charge on any atom is -0.462 e. The third kappa shape index (κ3) is 4.88. The van der Waals surface area contributed by atoms with Crippen molar-refractivity contribution in [1.29, 1.82) is 0 Å². The Morgan fingerprint density at radius 1 is 0.903 bits per heavy atom. The van der Waals surface area contributed by atoms with E-state index in [-0.39, 0.29) is 11.9 Å². The summed E-state index contributed by atoms with van der Waals surface area (Å²) in [6.45, 7) is 2.12. The van der Waals surface area contributed by atoms with Crippen LogP contribution in [-0.4, -0.2) is 18.5 Å². The van der Waals surface area contributed by atoms with E-state index in [0.29, 0.717) is 22.7 Å². The number of nitrogens with one attached hydrogen (secondary N) is 1. The Labute approximate surface area is 187 Å². The molecule has 1 heterocycles. The first-order valence-electron chi connectivity index (χ1n) is 11.0. The van der Waals surface area contributed by atoms with Crippen LogP contribution in [0.2, 0.25) is 0 Å². The summed E-state index contributed by atoms with van der Waals surface area (Å²) in [5, 5.41) is 3.62. The molecule has 5 heteroatoms. The standard InChI is InChI=1S/C26H27NO3S/c1-2-30-26(29)23-21-12-8-3-4-9-13-22(21)31-25(23)27-24(28)20-16-14-19(15-17-20)18-10-6-5-7-11-18/h5-7,10-11,14-17H,2-4,8-9,12-13H2,1H3,(H,27,28). The Balaban J connectivity index is 1.60. The Bertz CT molecular complexity index is 1050. The van der Waals surface area contributed by atoms with Gasteiger partial charge in [-0.05, 0) is 61.4 Å². The molecule has 4 nitrogen and oxygen atoms in total. The molecule has 3 aromatic rings. The maximum atomic E-state index is 13.0. The quantitative estimate of drug-likeness (QED) is 0.467. The SMILES string of the molecule is CCOC(=O)c1c(NC(=O)c2ccc(-c3ccccc3)cc2)sc2c1CCCCCC2. The highest BCUT2D eigenvalue weighted by molar-refractivity contribution is 7.17. The van der Waals surface area contributed by atoms with Crippen molar-refractivity contribution in [2.24, 2.45) is 0 Å². The zero-order valence-electron chi connectivity index (χ0n) is 17.8. The van der Waals surface area contributed by atoms with Crippen molar-refractivity contribution in [1.82, 2.24) is 0 Å². The van der Waals surface area contributed by atoms with E-state index in [1.54, 1.807) is 6.92 Å². The Morgan fingerprint density at radius 3 is 2.29 bits per heavy atom. The normalized spacial score (nSPS) is 13.6. The summed E-state index contributed by atoms with van der Waals surface area (Å²) >= 11 is 1.53. The maximum Gasteiger partial charge on any atom is 0.341 e. The molecule has 2 aromatic carbocycles. The number of hydrogen-bond donors (Lipinski definition) is 1. The van der Waals surface area contributed by atoms with Crippen LogP contribution in [0.5, 0.6) is 0 Å². The van der Waals surface area contributed by atoms with Crippen LogP contribution >= 0.6 is 11.3 Å². The monoisotopic (exact) mass is 433 g/mol. The summed E-state index contributed by atoms with van der Waals surface area (Å²) in [6, 6.07) is 17.6. The van der Waals surface area contributed by atoms with Crippen molar-refractivity contribution in [3.8, 4) is 11.1 Å². The average Bonchev–Trinajstić information content (AvgIpc) is 3.10. The summed E-state index contributed by atoms with van der Waals surface area (Å²) in [6.07, 6.45) is 6.37. The van der Waals surface area contributed by atoms with Gasteiger partial charge in [0.1, 0.15) is 5.00 Å². The Morgan fingerprint density at radius 2 is 1.58 bits per heavy atom. The van der Waals surface area contributed by atoms with Crippen LogP contribution in [0.4, 0.5) is 5.00 Å². The molecule has 0 atom stereocenters. The summed E-state index contributed by atoms with van der Waals surface area (Å²) in [7, 11) is 0. The molecule has 31 heavy (non-hydrogen) atoms. The molecule has 0 aliphatic heterocycles. The Kier molecular flexibility index (Phi) is 6.82. The van der Waals surface area contributed by atoms with Gasteiger partial charge in [-0.2, -0.15) is 0 Å². The zero-order valence-corrected chi connectivity index (χ0v) is 18.6. The molecule has 4 rings (SSSR count). The van der Waals surface area contributed by atoms with Gasteiger partial charge in [0.2, 0.25) is 0 Å². The topological polar surface area (TPSA) is 55.4 Å². The van der Waals surface area contributed by atoms with Gasteiger partial charge < -0.3 is 10.1 Å². The molecule has 0 radical (unpaired) electrons. The molecule has 1 aliphatic rings. The van der Waals surface area contributed by atoms with Crippen LogP contribution in [0.1, 0.15) is 63.8 Å². The van der Waals surface area contributed by atoms with Crippen LogP contribution in [0, 0.1) is 0 Å². The number of amides is 1. The van der Waals surface area contributed by atoms with Gasteiger partial charge in [0.15, 0.2) is 0 Å².